The molecule has 0 spiro atoms. The van der Waals surface area contributed by atoms with Gasteiger partial charge in [0.2, 0.25) is 5.91 Å². The minimum Gasteiger partial charge on any atom is -0.478 e. The van der Waals surface area contributed by atoms with Crippen LogP contribution in [0.25, 0.3) is 0 Å². The molecule has 62 valence electrons. The quantitative estimate of drug-likeness (QED) is 0.571. The molecule has 0 saturated carbocycles. The van der Waals surface area contributed by atoms with E-state index in [2.05, 4.69) is 0 Å². The van der Waals surface area contributed by atoms with E-state index in [1.165, 1.54) is 6.20 Å². The standard InChI is InChI=1S/C7H6N2O3/c8-1-2-9-4-5(7(11)12)3-6(9)10/h4H,2-3H2,(H,11,12). The van der Waals surface area contributed by atoms with E-state index in [4.69, 9.17) is 10.4 Å². The Kier molecular flexibility index (Phi) is 2.10. The molecule has 1 aliphatic rings. The molecule has 0 aliphatic carbocycles. The van der Waals surface area contributed by atoms with Gasteiger partial charge in [-0.2, -0.15) is 5.26 Å². The third-order valence-corrected chi connectivity index (χ3v) is 1.49. The predicted molar refractivity (Wildman–Crippen MR) is 37.7 cm³/mol. The summed E-state index contributed by atoms with van der Waals surface area (Å²) in [5, 5.41) is 16.7. The number of hydrogen-bond acceptors (Lipinski definition) is 3. The largest absolute Gasteiger partial charge is 0.478 e. The zero-order valence-corrected chi connectivity index (χ0v) is 6.15. The Morgan fingerprint density at radius 2 is 2.50 bits per heavy atom. The number of rotatable bonds is 2. The number of hydrogen-bond donors (Lipinski definition) is 1. The van der Waals surface area contributed by atoms with Crippen molar-refractivity contribution in [2.45, 2.75) is 6.42 Å². The van der Waals surface area contributed by atoms with Crippen molar-refractivity contribution in [2.75, 3.05) is 6.54 Å². The van der Waals surface area contributed by atoms with Gasteiger partial charge in [-0.25, -0.2) is 4.79 Å². The van der Waals surface area contributed by atoms with E-state index in [1.54, 1.807) is 6.07 Å². The summed E-state index contributed by atoms with van der Waals surface area (Å²) < 4.78 is 0. The van der Waals surface area contributed by atoms with Gasteiger partial charge >= 0.3 is 5.97 Å². The predicted octanol–water partition coefficient (Wildman–Crippen LogP) is -0.289. The molecule has 0 fully saturated rings. The lowest BCUT2D eigenvalue weighted by Crippen LogP contribution is -2.20. The van der Waals surface area contributed by atoms with Crippen molar-refractivity contribution >= 4 is 11.9 Å². The lowest BCUT2D eigenvalue weighted by Gasteiger charge is -2.05. The molecule has 0 saturated heterocycles. The molecule has 0 unspecified atom stereocenters. The van der Waals surface area contributed by atoms with Crippen LogP contribution in [0.5, 0.6) is 0 Å². The van der Waals surface area contributed by atoms with Gasteiger partial charge in [0.25, 0.3) is 0 Å². The number of nitrogens with zero attached hydrogens (tertiary/aromatic N) is 2. The van der Waals surface area contributed by atoms with Crippen LogP contribution in [0.4, 0.5) is 0 Å². The Morgan fingerprint density at radius 1 is 1.83 bits per heavy atom. The third kappa shape index (κ3) is 1.42. The Hall–Kier alpha value is -1.83. The maximum absolute atomic E-state index is 10.9. The van der Waals surface area contributed by atoms with Crippen LogP contribution in [-0.2, 0) is 9.59 Å². The molecule has 0 atom stereocenters. The fraction of sp³-hybridized carbons (Fsp3) is 0.286. The van der Waals surface area contributed by atoms with E-state index in [-0.39, 0.29) is 24.4 Å². The summed E-state index contributed by atoms with van der Waals surface area (Å²) >= 11 is 0. The van der Waals surface area contributed by atoms with Crippen LogP contribution >= 0.6 is 0 Å². The highest BCUT2D eigenvalue weighted by atomic mass is 16.4. The molecule has 0 aromatic heterocycles. The second kappa shape index (κ2) is 3.05. The highest BCUT2D eigenvalue weighted by Crippen LogP contribution is 2.14. The molecule has 1 aliphatic heterocycles. The Bertz CT molecular complexity index is 300. The molecule has 1 N–H and O–H groups in total. The van der Waals surface area contributed by atoms with Crippen LogP contribution in [0, 0.1) is 11.3 Å². The van der Waals surface area contributed by atoms with Crippen LogP contribution in [-0.4, -0.2) is 28.4 Å². The summed E-state index contributed by atoms with van der Waals surface area (Å²) in [6.07, 6.45) is 1.09. The summed E-state index contributed by atoms with van der Waals surface area (Å²) in [6.45, 7) is -0.0877. The molecular weight excluding hydrogens is 160 g/mol. The molecule has 0 radical (unpaired) electrons. The Balaban J connectivity index is 2.75. The summed E-state index contributed by atoms with van der Waals surface area (Å²) in [4.78, 5) is 22.4. The molecule has 1 amide bonds. The highest BCUT2D eigenvalue weighted by molar-refractivity contribution is 5.97. The first kappa shape index (κ1) is 8.27. The van der Waals surface area contributed by atoms with Gasteiger partial charge in [0.1, 0.15) is 6.54 Å². The lowest BCUT2D eigenvalue weighted by atomic mass is 10.2. The number of carbonyl (C=O) groups excluding carboxylic acids is 1. The first-order valence-electron chi connectivity index (χ1n) is 3.25. The van der Waals surface area contributed by atoms with E-state index in [1.807, 2.05) is 0 Å². The molecular formula is C7H6N2O3. The van der Waals surface area contributed by atoms with E-state index in [0.717, 1.165) is 4.90 Å². The van der Waals surface area contributed by atoms with Crippen molar-refractivity contribution in [3.8, 4) is 6.07 Å². The van der Waals surface area contributed by atoms with E-state index < -0.39 is 5.97 Å². The Labute approximate surface area is 68.5 Å². The molecule has 1 rings (SSSR count). The van der Waals surface area contributed by atoms with Crippen LogP contribution < -0.4 is 0 Å². The number of nitriles is 1. The topological polar surface area (TPSA) is 81.4 Å². The van der Waals surface area contributed by atoms with Gasteiger partial charge in [0, 0.05) is 6.20 Å². The SMILES string of the molecule is N#CCN1C=C(C(=O)O)CC1=O. The van der Waals surface area contributed by atoms with Crippen LogP contribution in [0.3, 0.4) is 0 Å². The highest BCUT2D eigenvalue weighted by Gasteiger charge is 2.24. The van der Waals surface area contributed by atoms with Crippen molar-refractivity contribution in [2.24, 2.45) is 0 Å². The van der Waals surface area contributed by atoms with Crippen molar-refractivity contribution in [3.63, 3.8) is 0 Å². The van der Waals surface area contributed by atoms with Gasteiger partial charge < -0.3 is 10.0 Å². The first-order chi connectivity index (χ1) is 5.65. The summed E-state index contributed by atoms with van der Waals surface area (Å²) in [6, 6.07) is 1.77. The second-order valence-electron chi connectivity index (χ2n) is 2.32. The molecule has 5 heteroatoms. The average Bonchev–Trinajstić information content (AvgIpc) is 2.34. The van der Waals surface area contributed by atoms with Gasteiger partial charge in [-0.05, 0) is 0 Å². The van der Waals surface area contributed by atoms with E-state index in [9.17, 15) is 9.59 Å². The summed E-state index contributed by atoms with van der Waals surface area (Å²) in [5.41, 5.74) is 0.0373. The number of carbonyl (C=O) groups is 2. The maximum Gasteiger partial charge on any atom is 0.333 e. The number of carboxylic acid groups (broad SMARTS) is 1. The van der Waals surface area contributed by atoms with E-state index >= 15 is 0 Å². The molecule has 0 bridgehead atoms. The zero-order chi connectivity index (χ0) is 9.14. The minimum absolute atomic E-state index is 0.0373. The second-order valence-corrected chi connectivity index (χ2v) is 2.32. The maximum atomic E-state index is 10.9. The zero-order valence-electron chi connectivity index (χ0n) is 6.15. The van der Waals surface area contributed by atoms with Gasteiger partial charge in [-0.1, -0.05) is 0 Å². The Morgan fingerprint density at radius 3 is 2.92 bits per heavy atom. The third-order valence-electron chi connectivity index (χ3n) is 1.49. The molecule has 1 heterocycles. The van der Waals surface area contributed by atoms with Crippen molar-refractivity contribution in [1.82, 2.24) is 4.90 Å². The van der Waals surface area contributed by atoms with Crippen molar-refractivity contribution in [1.29, 1.82) is 5.26 Å². The molecule has 0 aromatic carbocycles. The first-order valence-corrected chi connectivity index (χ1v) is 3.25. The average molecular weight is 166 g/mol. The summed E-state index contributed by atoms with van der Waals surface area (Å²) in [5.74, 6) is -1.45. The van der Waals surface area contributed by atoms with Gasteiger partial charge in [0.05, 0.1) is 18.1 Å². The van der Waals surface area contributed by atoms with E-state index in [0.29, 0.717) is 0 Å². The molecule has 0 aromatic rings. The fourth-order valence-electron chi connectivity index (χ4n) is 0.911. The van der Waals surface area contributed by atoms with Crippen LogP contribution in [0.2, 0.25) is 0 Å². The van der Waals surface area contributed by atoms with Crippen molar-refractivity contribution < 1.29 is 14.7 Å². The summed E-state index contributed by atoms with van der Waals surface area (Å²) in [7, 11) is 0. The fourth-order valence-corrected chi connectivity index (χ4v) is 0.911. The lowest BCUT2D eigenvalue weighted by molar-refractivity contribution is -0.134. The van der Waals surface area contributed by atoms with Gasteiger partial charge in [-0.15, -0.1) is 0 Å². The monoisotopic (exact) mass is 166 g/mol. The molecule has 5 nitrogen and oxygen atoms in total. The van der Waals surface area contributed by atoms with Crippen LogP contribution in [0.15, 0.2) is 11.8 Å². The number of aliphatic carboxylic acids is 1. The molecule has 12 heavy (non-hydrogen) atoms. The van der Waals surface area contributed by atoms with Crippen LogP contribution in [0.1, 0.15) is 6.42 Å². The van der Waals surface area contributed by atoms with Crippen molar-refractivity contribution in [3.05, 3.63) is 11.8 Å². The number of amides is 1. The minimum atomic E-state index is -1.11. The van der Waals surface area contributed by atoms with Gasteiger partial charge in [0.15, 0.2) is 0 Å². The number of carboxylic acids is 1. The smallest absolute Gasteiger partial charge is 0.333 e. The van der Waals surface area contributed by atoms with Gasteiger partial charge in [-0.3, -0.25) is 4.79 Å². The normalized spacial score (nSPS) is 15.8.